The summed E-state index contributed by atoms with van der Waals surface area (Å²) < 4.78 is 29.1. The molecule has 1 aromatic heterocycles. The van der Waals surface area contributed by atoms with Crippen molar-refractivity contribution < 1.29 is 8.42 Å². The van der Waals surface area contributed by atoms with Crippen LogP contribution in [0.25, 0.3) is 0 Å². The zero-order chi connectivity index (χ0) is 14.8. The molecular weight excluding hydrogens is 276 g/mol. The van der Waals surface area contributed by atoms with Crippen LogP contribution in [0, 0.1) is 0 Å². The van der Waals surface area contributed by atoms with Crippen LogP contribution in [0.3, 0.4) is 0 Å². The van der Waals surface area contributed by atoms with Gasteiger partial charge in [0.15, 0.2) is 0 Å². The summed E-state index contributed by atoms with van der Waals surface area (Å²) in [4.78, 5) is 0.202. The molecule has 0 saturated carbocycles. The number of sulfonamides is 1. The molecule has 1 aromatic carbocycles. The first kappa shape index (κ1) is 14.5. The minimum Gasteiger partial charge on any atom is -0.326 e. The number of rotatable bonds is 5. The Morgan fingerprint density at radius 3 is 2.70 bits per heavy atom. The van der Waals surface area contributed by atoms with Gasteiger partial charge >= 0.3 is 0 Å². The van der Waals surface area contributed by atoms with Crippen LogP contribution in [-0.4, -0.2) is 18.2 Å². The van der Waals surface area contributed by atoms with Crippen molar-refractivity contribution in [1.29, 1.82) is 0 Å². The van der Waals surface area contributed by atoms with Crippen molar-refractivity contribution in [3.05, 3.63) is 41.7 Å². The number of hydrogen-bond donors (Lipinski definition) is 2. The average Bonchev–Trinajstić information content (AvgIpc) is 2.77. The smallest absolute Gasteiger partial charge is 0.262 e. The van der Waals surface area contributed by atoms with Crippen molar-refractivity contribution in [1.82, 2.24) is 9.78 Å². The molecule has 0 unspecified atom stereocenters. The first-order valence-corrected chi connectivity index (χ1v) is 7.79. The third-order valence-electron chi connectivity index (χ3n) is 2.97. The van der Waals surface area contributed by atoms with Crippen molar-refractivity contribution in [3.8, 4) is 0 Å². The molecule has 3 N–H and O–H groups in total. The van der Waals surface area contributed by atoms with Crippen LogP contribution in [0.2, 0.25) is 0 Å². The quantitative estimate of drug-likeness (QED) is 0.868. The SMILES string of the molecule is CCc1nn(C)cc1NS(=O)(=O)c1ccccc1CN. The predicted octanol–water partition coefficient (Wildman–Crippen LogP) is 1.24. The molecule has 0 saturated heterocycles. The van der Waals surface area contributed by atoms with E-state index < -0.39 is 10.0 Å². The van der Waals surface area contributed by atoms with E-state index in [9.17, 15) is 8.42 Å². The number of aromatic nitrogens is 2. The summed E-state index contributed by atoms with van der Waals surface area (Å²) in [5.41, 5.74) is 7.39. The van der Waals surface area contributed by atoms with E-state index in [-0.39, 0.29) is 11.4 Å². The highest BCUT2D eigenvalue weighted by Crippen LogP contribution is 2.21. The molecule has 0 atom stereocenters. The molecule has 2 rings (SSSR count). The van der Waals surface area contributed by atoms with Crippen LogP contribution >= 0.6 is 0 Å². The number of benzene rings is 1. The summed E-state index contributed by atoms with van der Waals surface area (Å²) in [6.07, 6.45) is 2.30. The summed E-state index contributed by atoms with van der Waals surface area (Å²) >= 11 is 0. The highest BCUT2D eigenvalue weighted by atomic mass is 32.2. The minimum absolute atomic E-state index is 0.171. The summed E-state index contributed by atoms with van der Waals surface area (Å²) in [7, 11) is -1.90. The van der Waals surface area contributed by atoms with Crippen molar-refractivity contribution in [2.24, 2.45) is 12.8 Å². The molecule has 0 aliphatic heterocycles. The Hall–Kier alpha value is -1.86. The Morgan fingerprint density at radius 1 is 1.35 bits per heavy atom. The second-order valence-corrected chi connectivity index (χ2v) is 6.08. The number of nitrogens with one attached hydrogen (secondary N) is 1. The summed E-state index contributed by atoms with van der Waals surface area (Å²) in [6, 6.07) is 6.70. The van der Waals surface area contributed by atoms with E-state index >= 15 is 0 Å². The maximum absolute atomic E-state index is 12.5. The first-order valence-electron chi connectivity index (χ1n) is 6.31. The molecule has 0 aliphatic carbocycles. The Kier molecular flexibility index (Phi) is 4.10. The zero-order valence-corrected chi connectivity index (χ0v) is 12.3. The lowest BCUT2D eigenvalue weighted by molar-refractivity contribution is 0.600. The average molecular weight is 294 g/mol. The molecule has 6 nitrogen and oxygen atoms in total. The Morgan fingerprint density at radius 2 is 2.05 bits per heavy atom. The van der Waals surface area contributed by atoms with E-state index in [1.165, 1.54) is 0 Å². The zero-order valence-electron chi connectivity index (χ0n) is 11.5. The Labute approximate surface area is 118 Å². The molecule has 108 valence electrons. The van der Waals surface area contributed by atoms with Gasteiger partial charge in [0.05, 0.1) is 16.3 Å². The van der Waals surface area contributed by atoms with Gasteiger partial charge in [0.2, 0.25) is 0 Å². The molecule has 20 heavy (non-hydrogen) atoms. The highest BCUT2D eigenvalue weighted by molar-refractivity contribution is 7.92. The second kappa shape index (κ2) is 5.64. The third kappa shape index (κ3) is 2.83. The van der Waals surface area contributed by atoms with Gasteiger partial charge in [-0.05, 0) is 18.1 Å². The fourth-order valence-electron chi connectivity index (χ4n) is 2.02. The first-order chi connectivity index (χ1) is 9.47. The van der Waals surface area contributed by atoms with Gasteiger partial charge < -0.3 is 5.73 Å². The minimum atomic E-state index is -3.66. The van der Waals surface area contributed by atoms with Gasteiger partial charge in [0, 0.05) is 19.8 Å². The Bertz CT molecular complexity index is 707. The molecule has 1 heterocycles. The molecule has 0 spiro atoms. The number of aryl methyl sites for hydroxylation is 2. The molecule has 2 aromatic rings. The van der Waals surface area contributed by atoms with Crippen molar-refractivity contribution in [3.63, 3.8) is 0 Å². The summed E-state index contributed by atoms with van der Waals surface area (Å²) in [5, 5.41) is 4.21. The van der Waals surface area contributed by atoms with E-state index in [4.69, 9.17) is 5.73 Å². The molecule has 0 bridgehead atoms. The van der Waals surface area contributed by atoms with Gasteiger partial charge in [-0.3, -0.25) is 9.40 Å². The van der Waals surface area contributed by atoms with Gasteiger partial charge in [0.25, 0.3) is 10.0 Å². The standard InChI is InChI=1S/C13H18N4O2S/c1-3-11-12(9-17(2)15-11)16-20(18,19)13-7-5-4-6-10(13)8-14/h4-7,9,16H,3,8,14H2,1-2H3. The maximum atomic E-state index is 12.5. The van der Waals surface area contributed by atoms with E-state index in [1.807, 2.05) is 6.92 Å². The number of anilines is 1. The fourth-order valence-corrected chi connectivity index (χ4v) is 3.34. The molecule has 0 amide bonds. The number of nitrogens with two attached hydrogens (primary N) is 1. The summed E-state index contributed by atoms with van der Waals surface area (Å²) in [5.74, 6) is 0. The topological polar surface area (TPSA) is 90.0 Å². The van der Waals surface area contributed by atoms with Crippen LogP contribution in [0.1, 0.15) is 18.2 Å². The lowest BCUT2D eigenvalue weighted by Crippen LogP contribution is -2.16. The maximum Gasteiger partial charge on any atom is 0.262 e. The Balaban J connectivity index is 2.40. The van der Waals surface area contributed by atoms with Gasteiger partial charge in [-0.15, -0.1) is 0 Å². The second-order valence-electron chi connectivity index (χ2n) is 4.43. The molecule has 7 heteroatoms. The van der Waals surface area contributed by atoms with Crippen molar-refractivity contribution >= 4 is 15.7 Å². The van der Waals surface area contributed by atoms with Crippen molar-refractivity contribution in [2.45, 2.75) is 24.8 Å². The van der Waals surface area contributed by atoms with E-state index in [2.05, 4.69) is 9.82 Å². The van der Waals surface area contributed by atoms with Crippen LogP contribution in [0.4, 0.5) is 5.69 Å². The van der Waals surface area contributed by atoms with Crippen LogP contribution in [-0.2, 0) is 30.0 Å². The van der Waals surface area contributed by atoms with Crippen LogP contribution in [0.15, 0.2) is 35.4 Å². The molecular formula is C13H18N4O2S. The van der Waals surface area contributed by atoms with E-state index in [0.29, 0.717) is 23.4 Å². The molecule has 0 fully saturated rings. The molecule has 0 radical (unpaired) electrons. The summed E-state index contributed by atoms with van der Waals surface area (Å²) in [6.45, 7) is 2.10. The fraction of sp³-hybridized carbons (Fsp3) is 0.308. The van der Waals surface area contributed by atoms with Gasteiger partial charge in [0.1, 0.15) is 0 Å². The van der Waals surface area contributed by atoms with Gasteiger partial charge in [-0.2, -0.15) is 5.10 Å². The normalized spacial score (nSPS) is 11.6. The number of hydrogen-bond acceptors (Lipinski definition) is 4. The van der Waals surface area contributed by atoms with Gasteiger partial charge in [-0.1, -0.05) is 25.1 Å². The molecule has 0 aliphatic rings. The number of nitrogens with zero attached hydrogens (tertiary/aromatic N) is 2. The third-order valence-corrected chi connectivity index (χ3v) is 4.43. The van der Waals surface area contributed by atoms with Crippen LogP contribution in [0.5, 0.6) is 0 Å². The van der Waals surface area contributed by atoms with Crippen molar-refractivity contribution in [2.75, 3.05) is 4.72 Å². The van der Waals surface area contributed by atoms with Crippen LogP contribution < -0.4 is 10.5 Å². The monoisotopic (exact) mass is 294 g/mol. The predicted molar refractivity (Wildman–Crippen MR) is 77.7 cm³/mol. The largest absolute Gasteiger partial charge is 0.326 e. The highest BCUT2D eigenvalue weighted by Gasteiger charge is 2.19. The lowest BCUT2D eigenvalue weighted by Gasteiger charge is -2.10. The van der Waals surface area contributed by atoms with Gasteiger partial charge in [-0.25, -0.2) is 8.42 Å². The lowest BCUT2D eigenvalue weighted by atomic mass is 10.2. The van der Waals surface area contributed by atoms with E-state index in [1.54, 1.807) is 42.2 Å². The van der Waals surface area contributed by atoms with E-state index in [0.717, 1.165) is 0 Å².